The van der Waals surface area contributed by atoms with Crippen LogP contribution in [0, 0.1) is 0 Å². The number of hydrogen-bond acceptors (Lipinski definition) is 5. The van der Waals surface area contributed by atoms with Crippen molar-refractivity contribution in [2.45, 2.75) is 19.4 Å². The lowest BCUT2D eigenvalue weighted by molar-refractivity contribution is -0.145. The number of thioether (sulfide) groups is 1. The Hall–Kier alpha value is -2.35. The van der Waals surface area contributed by atoms with E-state index in [1.54, 1.807) is 61.5 Å². The molecule has 1 atom stereocenters. The van der Waals surface area contributed by atoms with Crippen LogP contribution >= 0.6 is 35.6 Å². The van der Waals surface area contributed by atoms with Gasteiger partial charge in [0.15, 0.2) is 10.4 Å². The molecule has 0 aliphatic carbocycles. The molecule has 0 aromatic heterocycles. The molecule has 0 spiro atoms. The molecule has 1 unspecified atom stereocenters. The Bertz CT molecular complexity index is 976. The van der Waals surface area contributed by atoms with Gasteiger partial charge in [0, 0.05) is 5.02 Å². The summed E-state index contributed by atoms with van der Waals surface area (Å²) in [6, 6.07) is 13.9. The van der Waals surface area contributed by atoms with Crippen molar-refractivity contribution in [3.8, 4) is 5.75 Å². The van der Waals surface area contributed by atoms with Crippen LogP contribution in [0.3, 0.4) is 0 Å². The van der Waals surface area contributed by atoms with E-state index in [1.807, 2.05) is 0 Å². The molecule has 2 aromatic rings. The SMILES string of the molecule is CCC(Oc1cccc(/C=C2/SC(=S)N(c3cccc(Cl)c3)C2=O)c1)C(=O)O. The van der Waals surface area contributed by atoms with Gasteiger partial charge in [-0.05, 0) is 48.4 Å². The van der Waals surface area contributed by atoms with E-state index in [-0.39, 0.29) is 5.91 Å². The zero-order chi connectivity index (χ0) is 20.3. The molecule has 1 fully saturated rings. The Morgan fingerprint density at radius 2 is 2.07 bits per heavy atom. The molecule has 5 nitrogen and oxygen atoms in total. The summed E-state index contributed by atoms with van der Waals surface area (Å²) in [5.41, 5.74) is 1.33. The van der Waals surface area contributed by atoms with Crippen molar-refractivity contribution in [1.29, 1.82) is 0 Å². The molecule has 0 saturated carbocycles. The van der Waals surface area contributed by atoms with Crippen molar-refractivity contribution in [3.63, 3.8) is 0 Å². The second-order valence-electron chi connectivity index (χ2n) is 5.92. The molecule has 1 aliphatic heterocycles. The van der Waals surface area contributed by atoms with E-state index in [4.69, 9.17) is 33.7 Å². The van der Waals surface area contributed by atoms with Crippen LogP contribution in [0.4, 0.5) is 5.69 Å². The first-order valence-corrected chi connectivity index (χ1v) is 10.0. The van der Waals surface area contributed by atoms with Crippen LogP contribution in [0.5, 0.6) is 5.75 Å². The minimum atomic E-state index is -1.02. The number of carbonyl (C=O) groups is 2. The van der Waals surface area contributed by atoms with E-state index >= 15 is 0 Å². The average Bonchev–Trinajstić information content (AvgIpc) is 2.93. The largest absolute Gasteiger partial charge is 0.479 e. The maximum Gasteiger partial charge on any atom is 0.344 e. The summed E-state index contributed by atoms with van der Waals surface area (Å²) in [5.74, 6) is -0.829. The van der Waals surface area contributed by atoms with E-state index < -0.39 is 12.1 Å². The Kier molecular flexibility index (Phi) is 6.39. The smallest absolute Gasteiger partial charge is 0.344 e. The first-order valence-electron chi connectivity index (χ1n) is 8.42. The Morgan fingerprint density at radius 3 is 2.75 bits per heavy atom. The van der Waals surface area contributed by atoms with Gasteiger partial charge in [0.2, 0.25) is 0 Å². The summed E-state index contributed by atoms with van der Waals surface area (Å²) in [6.07, 6.45) is 1.13. The molecule has 1 saturated heterocycles. The topological polar surface area (TPSA) is 66.8 Å². The zero-order valence-corrected chi connectivity index (χ0v) is 17.2. The number of carbonyl (C=O) groups excluding carboxylic acids is 1. The van der Waals surface area contributed by atoms with Crippen molar-refractivity contribution < 1.29 is 19.4 Å². The molecule has 0 bridgehead atoms. The highest BCUT2D eigenvalue weighted by Crippen LogP contribution is 2.37. The lowest BCUT2D eigenvalue weighted by Gasteiger charge is -2.14. The van der Waals surface area contributed by atoms with Crippen molar-refractivity contribution in [1.82, 2.24) is 0 Å². The maximum absolute atomic E-state index is 12.8. The van der Waals surface area contributed by atoms with Crippen molar-refractivity contribution >= 4 is 63.5 Å². The van der Waals surface area contributed by atoms with Gasteiger partial charge in [-0.1, -0.05) is 60.7 Å². The van der Waals surface area contributed by atoms with Gasteiger partial charge in [-0.3, -0.25) is 9.69 Å². The number of carboxylic acids is 1. The third-order valence-corrected chi connectivity index (χ3v) is 5.48. The number of hydrogen-bond donors (Lipinski definition) is 1. The number of nitrogens with zero attached hydrogens (tertiary/aromatic N) is 1. The van der Waals surface area contributed by atoms with Crippen LogP contribution in [0.2, 0.25) is 5.02 Å². The molecule has 1 amide bonds. The fraction of sp³-hybridized carbons (Fsp3) is 0.150. The second-order valence-corrected chi connectivity index (χ2v) is 8.03. The molecular formula is C20H16ClNO4S2. The molecule has 1 N–H and O–H groups in total. The van der Waals surface area contributed by atoms with E-state index in [9.17, 15) is 9.59 Å². The monoisotopic (exact) mass is 433 g/mol. The van der Waals surface area contributed by atoms with Crippen LogP contribution in [-0.2, 0) is 9.59 Å². The maximum atomic E-state index is 12.8. The third-order valence-electron chi connectivity index (χ3n) is 3.94. The van der Waals surface area contributed by atoms with Gasteiger partial charge in [0.05, 0.1) is 10.6 Å². The zero-order valence-electron chi connectivity index (χ0n) is 14.8. The standard InChI is InChI=1S/C20H16ClNO4S2/c1-2-16(19(24)25)26-15-8-3-5-12(9-15)10-17-18(23)22(20(27)28-17)14-7-4-6-13(21)11-14/h3-11,16H,2H2,1H3,(H,24,25)/b17-10+. The van der Waals surface area contributed by atoms with E-state index in [2.05, 4.69) is 0 Å². The molecule has 3 rings (SSSR count). The van der Waals surface area contributed by atoms with Gasteiger partial charge in [-0.25, -0.2) is 4.79 Å². The number of aliphatic carboxylic acids is 1. The number of carboxylic acid groups (broad SMARTS) is 1. The first-order chi connectivity index (χ1) is 13.4. The van der Waals surface area contributed by atoms with Crippen LogP contribution in [0.1, 0.15) is 18.9 Å². The minimum Gasteiger partial charge on any atom is -0.479 e. The van der Waals surface area contributed by atoms with E-state index in [0.29, 0.717) is 37.7 Å². The van der Waals surface area contributed by atoms with Gasteiger partial charge in [-0.15, -0.1) is 0 Å². The number of halogens is 1. The van der Waals surface area contributed by atoms with Crippen LogP contribution in [0.15, 0.2) is 53.4 Å². The normalized spacial score (nSPS) is 16.5. The number of amides is 1. The van der Waals surface area contributed by atoms with Crippen LogP contribution < -0.4 is 9.64 Å². The van der Waals surface area contributed by atoms with E-state index in [0.717, 1.165) is 0 Å². The molecule has 1 aliphatic rings. The Labute approximate surface area is 176 Å². The molecular weight excluding hydrogens is 418 g/mol. The van der Waals surface area contributed by atoms with Crippen molar-refractivity contribution in [2.75, 3.05) is 4.90 Å². The van der Waals surface area contributed by atoms with Gasteiger partial charge >= 0.3 is 5.97 Å². The fourth-order valence-electron chi connectivity index (χ4n) is 2.61. The molecule has 0 radical (unpaired) electrons. The summed E-state index contributed by atoms with van der Waals surface area (Å²) < 4.78 is 5.93. The minimum absolute atomic E-state index is 0.236. The predicted octanol–water partition coefficient (Wildman–Crippen LogP) is 4.99. The lowest BCUT2D eigenvalue weighted by Crippen LogP contribution is -2.27. The van der Waals surface area contributed by atoms with Gasteiger partial charge < -0.3 is 9.84 Å². The van der Waals surface area contributed by atoms with Gasteiger partial charge in [0.25, 0.3) is 5.91 Å². The fourth-order valence-corrected chi connectivity index (χ4v) is 4.09. The first kappa shape index (κ1) is 20.4. The highest BCUT2D eigenvalue weighted by molar-refractivity contribution is 8.27. The van der Waals surface area contributed by atoms with E-state index in [1.165, 1.54) is 16.7 Å². The Balaban J connectivity index is 1.84. The highest BCUT2D eigenvalue weighted by atomic mass is 35.5. The van der Waals surface area contributed by atoms with Gasteiger partial charge in [0.1, 0.15) is 5.75 Å². The molecule has 8 heteroatoms. The predicted molar refractivity (Wildman–Crippen MR) is 116 cm³/mol. The number of benzene rings is 2. The number of ether oxygens (including phenoxy) is 1. The molecule has 2 aromatic carbocycles. The average molecular weight is 434 g/mol. The van der Waals surface area contributed by atoms with Crippen LogP contribution in [0.25, 0.3) is 6.08 Å². The number of rotatable bonds is 6. The Morgan fingerprint density at radius 1 is 1.32 bits per heavy atom. The molecule has 28 heavy (non-hydrogen) atoms. The quantitative estimate of drug-likeness (QED) is 0.511. The van der Waals surface area contributed by atoms with Crippen molar-refractivity contribution in [3.05, 3.63) is 64.0 Å². The highest BCUT2D eigenvalue weighted by Gasteiger charge is 2.33. The third kappa shape index (κ3) is 4.55. The summed E-state index contributed by atoms with van der Waals surface area (Å²) in [7, 11) is 0. The van der Waals surface area contributed by atoms with Crippen LogP contribution in [-0.4, -0.2) is 27.4 Å². The second kappa shape index (κ2) is 8.77. The number of anilines is 1. The summed E-state index contributed by atoms with van der Waals surface area (Å²) >= 11 is 12.6. The summed E-state index contributed by atoms with van der Waals surface area (Å²) in [5, 5.41) is 9.66. The van der Waals surface area contributed by atoms with Gasteiger partial charge in [-0.2, -0.15) is 0 Å². The molecule has 144 valence electrons. The molecule has 1 heterocycles. The lowest BCUT2D eigenvalue weighted by atomic mass is 10.2. The van der Waals surface area contributed by atoms with Crippen molar-refractivity contribution in [2.24, 2.45) is 0 Å². The number of thiocarbonyl (C=S) groups is 1. The summed E-state index contributed by atoms with van der Waals surface area (Å²) in [6.45, 7) is 1.74. The summed E-state index contributed by atoms with van der Waals surface area (Å²) in [4.78, 5) is 25.9.